The number of amides is 4. The molecule has 0 unspecified atom stereocenters. The number of pyridine rings is 1. The first-order valence-corrected chi connectivity index (χ1v) is 42.6. The summed E-state index contributed by atoms with van der Waals surface area (Å²) in [7, 11) is 12.9. The Hall–Kier alpha value is -13.1. The maximum atomic E-state index is 14.3. The highest BCUT2D eigenvalue weighted by Gasteiger charge is 2.68. The van der Waals surface area contributed by atoms with Crippen LogP contribution in [0.2, 0.25) is 0 Å². The van der Waals surface area contributed by atoms with Gasteiger partial charge < -0.3 is 94.4 Å². The van der Waals surface area contributed by atoms with Gasteiger partial charge in [-0.25, -0.2) is 0 Å². The predicted octanol–water partition coefficient (Wildman–Crippen LogP) is 5.59. The van der Waals surface area contributed by atoms with Gasteiger partial charge in [-0.15, -0.1) is 0 Å². The molecular weight excluding hydrogens is 1660 g/mol. The Morgan fingerprint density at radius 3 is 1.43 bits per heavy atom. The average Bonchev–Trinajstić information content (AvgIpc) is 0.705. The number of nitrogens with zero attached hydrogens (tertiary/aromatic N) is 5. The van der Waals surface area contributed by atoms with Gasteiger partial charge in [0.1, 0.15) is 68.5 Å². The fourth-order valence-corrected chi connectivity index (χ4v) is 21.1. The minimum atomic E-state index is -2.70. The Morgan fingerprint density at radius 1 is 0.543 bits per heavy atom. The van der Waals surface area contributed by atoms with E-state index in [0.717, 1.165) is 24.8 Å². The maximum Gasteiger partial charge on any atom is 0.255 e. The summed E-state index contributed by atoms with van der Waals surface area (Å²) in [5.41, 5.74) is 16.3. The van der Waals surface area contributed by atoms with Gasteiger partial charge in [-0.3, -0.25) is 72.4 Å². The summed E-state index contributed by atoms with van der Waals surface area (Å²) in [6.07, 6.45) is 14.3. The van der Waals surface area contributed by atoms with E-state index in [4.69, 9.17) is 22.9 Å². The van der Waals surface area contributed by atoms with E-state index in [2.05, 4.69) is 22.1 Å². The van der Waals surface area contributed by atoms with Crippen molar-refractivity contribution >= 4 is 98.8 Å². The van der Waals surface area contributed by atoms with Crippen molar-refractivity contribution < 1.29 is 114 Å². The van der Waals surface area contributed by atoms with E-state index in [1.165, 1.54) is 66.4 Å². The molecule has 0 radical (unpaired) electrons. The molecule has 10 aliphatic rings. The molecule has 4 aromatic carbocycles. The van der Waals surface area contributed by atoms with E-state index in [1.807, 2.05) is 26.8 Å². The Kier molecular flexibility index (Phi) is 25.5. The first kappa shape index (κ1) is 93.5. The molecule has 0 saturated heterocycles. The number of rotatable bonds is 16. The van der Waals surface area contributed by atoms with Crippen molar-refractivity contribution in [2.45, 2.75) is 158 Å². The van der Waals surface area contributed by atoms with Gasteiger partial charge in [0.25, 0.3) is 17.7 Å². The fourth-order valence-electron chi connectivity index (χ4n) is 21.1. The number of benzene rings is 4. The smallest absolute Gasteiger partial charge is 0.255 e. The molecule has 4 saturated carbocycles. The topological polar surface area (TPSA) is 572 Å². The molecule has 1 aromatic heterocycles. The number of Topliss-reactive ketones (excluding diaryl/α,β-unsaturated/α-hetero) is 7. The molecule has 129 heavy (non-hydrogen) atoms. The van der Waals surface area contributed by atoms with Crippen molar-refractivity contribution in [3.63, 3.8) is 0 Å². The quantitative estimate of drug-likeness (QED) is 0.0188. The lowest BCUT2D eigenvalue weighted by atomic mass is 9.57. The third kappa shape index (κ3) is 16.2. The summed E-state index contributed by atoms with van der Waals surface area (Å²) in [5.74, 6) is -14.9. The number of aliphatic hydroxyl groups excluding tert-OH is 6. The van der Waals surface area contributed by atoms with Crippen LogP contribution in [0.15, 0.2) is 130 Å². The van der Waals surface area contributed by atoms with Crippen molar-refractivity contribution in [2.75, 3.05) is 67.0 Å². The number of nitrogens with two attached hydrogens (primary N) is 4. The Morgan fingerprint density at radius 2 is 0.992 bits per heavy atom. The van der Waals surface area contributed by atoms with Crippen molar-refractivity contribution in [3.8, 4) is 29.1 Å². The number of aliphatic hydroxyl groups is 9. The number of aryl methyl sites for hydroxylation is 2. The third-order valence-corrected chi connectivity index (χ3v) is 27.0. The molecule has 1 heterocycles. The maximum absolute atomic E-state index is 14.3. The lowest BCUT2D eigenvalue weighted by Crippen LogP contribution is -2.65. The molecule has 4 fully saturated rings. The minimum absolute atomic E-state index is 0.0120. The van der Waals surface area contributed by atoms with E-state index in [9.17, 15) is 114 Å². The van der Waals surface area contributed by atoms with Gasteiger partial charge in [-0.1, -0.05) is 56.1 Å². The van der Waals surface area contributed by atoms with Gasteiger partial charge >= 0.3 is 0 Å². The van der Waals surface area contributed by atoms with E-state index in [0.29, 0.717) is 62.7 Å². The van der Waals surface area contributed by atoms with Gasteiger partial charge in [0.15, 0.2) is 39.9 Å². The average molecular weight is 1770 g/mol. The fraction of sp³-hybridized carbons (Fsp3) is 0.417. The normalized spacial score (nSPS) is 25.9. The first-order chi connectivity index (χ1) is 60.5. The van der Waals surface area contributed by atoms with Gasteiger partial charge in [0, 0.05) is 101 Å². The summed E-state index contributed by atoms with van der Waals surface area (Å²) in [5, 5.41) is 140. The molecular formula is C96H108N10O23. The molecule has 15 rings (SSSR count). The van der Waals surface area contributed by atoms with Crippen molar-refractivity contribution in [2.24, 2.45) is 58.6 Å². The van der Waals surface area contributed by atoms with Crippen LogP contribution in [0.3, 0.4) is 0 Å². The number of carbonyl (C=O) groups excluding carboxylic acids is 11. The number of phenolic OH excluding ortho intramolecular Hbond substituents is 3. The van der Waals surface area contributed by atoms with Crippen LogP contribution in [0.1, 0.15) is 157 Å². The number of fused-ring (bicyclic) bond motifs is 9. The summed E-state index contributed by atoms with van der Waals surface area (Å²) >= 11 is 0. The van der Waals surface area contributed by atoms with Crippen LogP contribution in [0.25, 0.3) is 23.4 Å². The Labute approximate surface area is 743 Å². The zero-order valence-electron chi connectivity index (χ0n) is 73.4. The van der Waals surface area contributed by atoms with Crippen LogP contribution in [-0.4, -0.2) is 242 Å². The number of ketones is 7. The Balaban J connectivity index is 0.000000166. The lowest BCUT2D eigenvalue weighted by Gasteiger charge is -2.50. The van der Waals surface area contributed by atoms with E-state index < -0.39 is 180 Å². The standard InChI is InChI=1S/C37H43N3O8.C31H32N4O7.C28H33N3O8/c1-40(2)30-25-17-23-16-24-20(11-10-19-7-4-3-5-8-19)15-21(12-13-26(41)22-9-6-14-39-18-22)31(42)28(24)32(43)27(23)34(45)37(25,48)35(46)29(33(30)44)36(38)47;1-34(2)20-13-15(8-5-14-6-9-17(32)10-7-14)25(36)22-18(20)11-16-12-19-24(35(3)4)27(38)23(30(33)41)29(40)31(19,42)28(39)21(16)26(22)37;1-27(2,3)30-17(33)9-7-12-6-8-16(32)19-14(12)10-13-11-15-21(31(4)5)23(35)20(26(29)38)25(37)28(15,39)24(36)18(13)22(19)34/h6,9,14-15,18-19,23,25,30,42-43,46,48H,3-5,7-8,10-13,16-17H2,1-2H3,(H2,38,47);6-7,9-10,13,16,19,24,36-37,40,42H,11-12,32H2,1-4H3,(H2,33,41);6-9,13,15,21,32,34,37,39H,10-11H2,1-5H3,(H2,29,38)(H,30,33)/b;;9-7+/t23-,25-,30-,37-;16-,19-,24-,31-;13-,15-,21-,28-/m000/s1. The highest BCUT2D eigenvalue weighted by molar-refractivity contribution is 6.27. The molecule has 33 heteroatoms. The molecule has 0 aliphatic heterocycles. The SMILES string of the molecule is CN(C)[C@@H]1C(=O)C(C(N)=O)=C(O)[C@@]2(O)C(=O)C3=C(O)c4c(O)c(CCC(=O)c5cccnc5)cc(CCC5CCCCC5)c4C[C@H]3C[C@@H]12.CN(C)[C@@H]1C(=O)C(C(N)=O)=C(O)[C@@]2(O)C(=O)C3=C(O)c4c(O)ccc(/C=C/C(=O)NC(C)(C)C)c4C[C@H]3C[C@@H]12.CN(C)c1cc(C#Cc2ccc(N)cc2)c(O)c2c1C[C@H]1C[C@H]3[C@H](N(C)C)C(=O)C(C(N)=O)=C(O)[C@@]3(O)C(=O)C1=C2O. The first-order valence-electron chi connectivity index (χ1n) is 42.6. The van der Waals surface area contributed by atoms with Gasteiger partial charge in [0.05, 0.1) is 40.4 Å². The number of nitrogens with one attached hydrogen (secondary N) is 1. The molecule has 12 atom stereocenters. The number of aromatic nitrogens is 1. The second-order valence-corrected chi connectivity index (χ2v) is 37.0. The van der Waals surface area contributed by atoms with E-state index in [1.54, 1.807) is 108 Å². The second kappa shape index (κ2) is 35.2. The van der Waals surface area contributed by atoms with E-state index in [-0.39, 0.29) is 119 Å². The second-order valence-electron chi connectivity index (χ2n) is 37.0. The van der Waals surface area contributed by atoms with Crippen LogP contribution in [-0.2, 0) is 80.0 Å². The van der Waals surface area contributed by atoms with Gasteiger partial charge in [0.2, 0.25) is 23.3 Å². The zero-order chi connectivity index (χ0) is 94.5. The van der Waals surface area contributed by atoms with Crippen molar-refractivity contribution in [1.29, 1.82) is 0 Å². The summed E-state index contributed by atoms with van der Waals surface area (Å²) < 4.78 is 0. The number of nitrogen functional groups attached to an aromatic ring is 1. The minimum Gasteiger partial charge on any atom is -0.508 e. The summed E-state index contributed by atoms with van der Waals surface area (Å²) in [6, 6.07) is 13.2. The van der Waals surface area contributed by atoms with E-state index >= 15 is 0 Å². The number of hydrogen-bond donors (Lipinski definition) is 17. The molecule has 10 aliphatic carbocycles. The molecule has 0 bridgehead atoms. The van der Waals surface area contributed by atoms with Crippen LogP contribution >= 0.6 is 0 Å². The Bertz CT molecular complexity index is 5950. The van der Waals surface area contributed by atoms with Crippen molar-refractivity contribution in [3.05, 3.63) is 197 Å². The third-order valence-electron chi connectivity index (χ3n) is 27.0. The lowest BCUT2D eigenvalue weighted by molar-refractivity contribution is -0.155. The van der Waals surface area contributed by atoms with Gasteiger partial charge in [-0.2, -0.15) is 0 Å². The number of anilines is 2. The molecule has 33 nitrogen and oxygen atoms in total. The number of aromatic hydroxyl groups is 3. The number of primary amides is 3. The highest BCUT2D eigenvalue weighted by Crippen LogP contribution is 2.58. The van der Waals surface area contributed by atoms with Gasteiger partial charge in [-0.05, 0) is 233 Å². The molecule has 0 spiro atoms. The largest absolute Gasteiger partial charge is 0.508 e. The monoisotopic (exact) mass is 1770 g/mol. The molecule has 4 amide bonds. The highest BCUT2D eigenvalue weighted by atomic mass is 16.4. The van der Waals surface area contributed by atoms with Crippen LogP contribution in [0.4, 0.5) is 11.4 Å². The molecule has 5 aromatic rings. The number of carbonyl (C=O) groups is 11. The molecule has 21 N–H and O–H groups in total. The van der Waals surface area contributed by atoms with Crippen molar-refractivity contribution in [1.82, 2.24) is 25.0 Å². The van der Waals surface area contributed by atoms with Crippen LogP contribution in [0, 0.1) is 53.3 Å². The van der Waals surface area contributed by atoms with Crippen LogP contribution in [0.5, 0.6) is 17.2 Å². The zero-order valence-corrected chi connectivity index (χ0v) is 73.4. The molecule has 680 valence electrons. The number of hydrogen-bond acceptors (Lipinski definition) is 29. The number of likely N-dealkylation sites (N-methyl/N-ethyl adjacent to an activating group) is 3. The summed E-state index contributed by atoms with van der Waals surface area (Å²) in [4.78, 5) is 154. The predicted molar refractivity (Wildman–Crippen MR) is 473 cm³/mol. The summed E-state index contributed by atoms with van der Waals surface area (Å²) in [6.45, 7) is 5.51. The number of phenols is 3. The van der Waals surface area contributed by atoms with Crippen LogP contribution < -0.4 is 33.2 Å².